The monoisotopic (exact) mass is 250 g/mol. The van der Waals surface area contributed by atoms with Gasteiger partial charge in [-0.3, -0.25) is 4.79 Å². The van der Waals surface area contributed by atoms with Crippen LogP contribution in [0.3, 0.4) is 0 Å². The highest BCUT2D eigenvalue weighted by Gasteiger charge is 2.22. The minimum absolute atomic E-state index is 0.0317. The Labute approximate surface area is 106 Å². The van der Waals surface area contributed by atoms with Crippen LogP contribution in [0.25, 0.3) is 0 Å². The molecule has 18 heavy (non-hydrogen) atoms. The lowest BCUT2D eigenvalue weighted by molar-refractivity contribution is -0.0124. The highest BCUT2D eigenvalue weighted by atomic mass is 16.5. The molecule has 0 aromatic heterocycles. The number of benzene rings is 1. The summed E-state index contributed by atoms with van der Waals surface area (Å²) in [5, 5.41) is 0. The highest BCUT2D eigenvalue weighted by Crippen LogP contribution is 2.20. The van der Waals surface area contributed by atoms with Gasteiger partial charge in [0, 0.05) is 30.4 Å². The smallest absolute Gasteiger partial charge is 0.254 e. The van der Waals surface area contributed by atoms with E-state index in [4.69, 9.17) is 15.2 Å². The second-order valence-corrected chi connectivity index (χ2v) is 4.43. The zero-order valence-corrected chi connectivity index (χ0v) is 10.7. The summed E-state index contributed by atoms with van der Waals surface area (Å²) in [6, 6.07) is 5.07. The third-order valence-corrected chi connectivity index (χ3v) is 2.94. The van der Waals surface area contributed by atoms with Crippen molar-refractivity contribution >= 4 is 11.6 Å². The summed E-state index contributed by atoms with van der Waals surface area (Å²) in [7, 11) is 1.56. The Balaban J connectivity index is 2.19. The van der Waals surface area contributed by atoms with Crippen molar-refractivity contribution in [3.63, 3.8) is 0 Å². The number of hydrogen-bond donors (Lipinski definition) is 1. The van der Waals surface area contributed by atoms with Gasteiger partial charge in [-0.1, -0.05) is 0 Å². The Hall–Kier alpha value is -1.75. The number of nitrogens with zero attached hydrogens (tertiary/aromatic N) is 1. The number of nitrogen functional groups attached to an aromatic ring is 1. The normalized spacial score (nSPS) is 19.7. The molecular formula is C13H18N2O3. The molecule has 0 saturated carbocycles. The van der Waals surface area contributed by atoms with Gasteiger partial charge in [0.05, 0.1) is 19.8 Å². The number of nitrogens with two attached hydrogens (primary N) is 1. The molecule has 0 aliphatic carbocycles. The molecule has 1 aliphatic heterocycles. The van der Waals surface area contributed by atoms with Gasteiger partial charge in [-0.05, 0) is 19.1 Å². The maximum absolute atomic E-state index is 12.3. The molecule has 1 unspecified atom stereocenters. The average Bonchev–Trinajstić information content (AvgIpc) is 2.37. The fourth-order valence-electron chi connectivity index (χ4n) is 2.05. The van der Waals surface area contributed by atoms with Gasteiger partial charge in [-0.25, -0.2) is 0 Å². The molecule has 1 aliphatic rings. The van der Waals surface area contributed by atoms with E-state index >= 15 is 0 Å². The van der Waals surface area contributed by atoms with E-state index < -0.39 is 0 Å². The molecule has 98 valence electrons. The van der Waals surface area contributed by atoms with Crippen molar-refractivity contribution in [3.8, 4) is 5.75 Å². The molecule has 2 rings (SSSR count). The predicted octanol–water partition coefficient (Wildman–Crippen LogP) is 1.14. The first kappa shape index (κ1) is 12.7. The van der Waals surface area contributed by atoms with E-state index in [0.29, 0.717) is 36.7 Å². The molecule has 0 radical (unpaired) electrons. The molecule has 1 amide bonds. The van der Waals surface area contributed by atoms with Crippen molar-refractivity contribution in [2.24, 2.45) is 0 Å². The number of morpholine rings is 1. The second kappa shape index (κ2) is 5.27. The SMILES string of the molecule is COc1cc(N)cc(C(=O)N2CCOC(C)C2)c1. The van der Waals surface area contributed by atoms with Crippen LogP contribution in [0.4, 0.5) is 5.69 Å². The maximum atomic E-state index is 12.3. The van der Waals surface area contributed by atoms with E-state index in [1.165, 1.54) is 0 Å². The number of methoxy groups -OCH3 is 1. The first-order valence-corrected chi connectivity index (χ1v) is 5.95. The number of hydrogen-bond acceptors (Lipinski definition) is 4. The lowest BCUT2D eigenvalue weighted by atomic mass is 10.1. The molecule has 1 aromatic carbocycles. The van der Waals surface area contributed by atoms with Gasteiger partial charge in [0.2, 0.25) is 0 Å². The molecule has 5 heteroatoms. The molecule has 5 nitrogen and oxygen atoms in total. The van der Waals surface area contributed by atoms with Crippen LogP contribution in [-0.4, -0.2) is 43.7 Å². The Bertz CT molecular complexity index is 448. The van der Waals surface area contributed by atoms with E-state index in [0.717, 1.165) is 0 Å². The molecule has 0 bridgehead atoms. The highest BCUT2D eigenvalue weighted by molar-refractivity contribution is 5.95. The third kappa shape index (κ3) is 2.73. The molecule has 1 aromatic rings. The van der Waals surface area contributed by atoms with Crippen LogP contribution in [0.5, 0.6) is 5.75 Å². The van der Waals surface area contributed by atoms with E-state index in [9.17, 15) is 4.79 Å². The second-order valence-electron chi connectivity index (χ2n) is 4.43. The summed E-state index contributed by atoms with van der Waals surface area (Å²) in [4.78, 5) is 14.1. The van der Waals surface area contributed by atoms with Gasteiger partial charge in [0.15, 0.2) is 0 Å². The molecule has 2 N–H and O–H groups in total. The molecule has 1 fully saturated rings. The zero-order chi connectivity index (χ0) is 13.1. The number of rotatable bonds is 2. The van der Waals surface area contributed by atoms with Crippen molar-refractivity contribution in [2.75, 3.05) is 32.5 Å². The van der Waals surface area contributed by atoms with Gasteiger partial charge in [-0.15, -0.1) is 0 Å². The summed E-state index contributed by atoms with van der Waals surface area (Å²) >= 11 is 0. The number of carbonyl (C=O) groups excluding carboxylic acids is 1. The van der Waals surface area contributed by atoms with Crippen LogP contribution >= 0.6 is 0 Å². The maximum Gasteiger partial charge on any atom is 0.254 e. The largest absolute Gasteiger partial charge is 0.497 e. The van der Waals surface area contributed by atoms with Crippen LogP contribution in [0, 0.1) is 0 Å². The van der Waals surface area contributed by atoms with Crippen molar-refractivity contribution in [1.82, 2.24) is 4.90 Å². The quantitative estimate of drug-likeness (QED) is 0.799. The van der Waals surface area contributed by atoms with Crippen LogP contribution in [0.1, 0.15) is 17.3 Å². The Morgan fingerprint density at radius 1 is 1.50 bits per heavy atom. The van der Waals surface area contributed by atoms with E-state index in [-0.39, 0.29) is 12.0 Å². The first-order chi connectivity index (χ1) is 8.60. The molecule has 1 heterocycles. The zero-order valence-electron chi connectivity index (χ0n) is 10.7. The van der Waals surface area contributed by atoms with Gasteiger partial charge in [0.25, 0.3) is 5.91 Å². The summed E-state index contributed by atoms with van der Waals surface area (Å²) in [5.41, 5.74) is 6.84. The van der Waals surface area contributed by atoms with Crippen LogP contribution in [0.15, 0.2) is 18.2 Å². The van der Waals surface area contributed by atoms with Gasteiger partial charge in [-0.2, -0.15) is 0 Å². The summed E-state index contributed by atoms with van der Waals surface area (Å²) in [5.74, 6) is 0.565. The minimum Gasteiger partial charge on any atom is -0.497 e. The summed E-state index contributed by atoms with van der Waals surface area (Å²) in [6.45, 7) is 3.75. The molecule has 1 saturated heterocycles. The van der Waals surface area contributed by atoms with E-state index in [1.807, 2.05) is 6.92 Å². The van der Waals surface area contributed by atoms with E-state index in [1.54, 1.807) is 30.2 Å². The lowest BCUT2D eigenvalue weighted by Crippen LogP contribution is -2.44. The number of amides is 1. The summed E-state index contributed by atoms with van der Waals surface area (Å²) in [6.07, 6.45) is 0.0747. The first-order valence-electron chi connectivity index (χ1n) is 5.95. The number of carbonyl (C=O) groups is 1. The molecular weight excluding hydrogens is 232 g/mol. The number of anilines is 1. The van der Waals surface area contributed by atoms with Crippen molar-refractivity contribution < 1.29 is 14.3 Å². The van der Waals surface area contributed by atoms with E-state index in [2.05, 4.69) is 0 Å². The third-order valence-electron chi connectivity index (χ3n) is 2.94. The Kier molecular flexibility index (Phi) is 3.72. The van der Waals surface area contributed by atoms with Crippen molar-refractivity contribution in [3.05, 3.63) is 23.8 Å². The predicted molar refractivity (Wildman–Crippen MR) is 68.7 cm³/mol. The van der Waals surface area contributed by atoms with Crippen LogP contribution in [0.2, 0.25) is 0 Å². The van der Waals surface area contributed by atoms with Gasteiger partial charge < -0.3 is 20.1 Å². The minimum atomic E-state index is -0.0317. The fourth-order valence-corrected chi connectivity index (χ4v) is 2.05. The van der Waals surface area contributed by atoms with Crippen molar-refractivity contribution in [1.29, 1.82) is 0 Å². The van der Waals surface area contributed by atoms with Crippen molar-refractivity contribution in [2.45, 2.75) is 13.0 Å². The molecule has 0 spiro atoms. The Morgan fingerprint density at radius 2 is 2.28 bits per heavy atom. The Morgan fingerprint density at radius 3 is 2.94 bits per heavy atom. The van der Waals surface area contributed by atoms with Gasteiger partial charge in [0.1, 0.15) is 5.75 Å². The fraction of sp³-hybridized carbons (Fsp3) is 0.462. The standard InChI is InChI=1S/C13H18N2O3/c1-9-8-15(3-4-18-9)13(16)10-5-11(14)7-12(6-10)17-2/h5-7,9H,3-4,8,14H2,1-2H3. The van der Waals surface area contributed by atoms with Crippen LogP contribution in [-0.2, 0) is 4.74 Å². The number of ether oxygens (including phenoxy) is 2. The summed E-state index contributed by atoms with van der Waals surface area (Å²) < 4.78 is 10.5. The average molecular weight is 250 g/mol. The molecule has 1 atom stereocenters. The lowest BCUT2D eigenvalue weighted by Gasteiger charge is -2.31. The van der Waals surface area contributed by atoms with Crippen LogP contribution < -0.4 is 10.5 Å². The van der Waals surface area contributed by atoms with Gasteiger partial charge >= 0.3 is 0 Å². The topological polar surface area (TPSA) is 64.8 Å².